The molecule has 0 heterocycles. The van der Waals surface area contributed by atoms with Crippen LogP contribution in [0.15, 0.2) is 48.5 Å². The molecule has 0 aliphatic rings. The van der Waals surface area contributed by atoms with Crippen LogP contribution < -0.4 is 10.1 Å². The van der Waals surface area contributed by atoms with E-state index in [0.717, 1.165) is 29.8 Å². The molecular weight excluding hydrogens is 265 g/mol. The minimum Gasteiger partial charge on any atom is -0.494 e. The molecule has 1 atom stereocenters. The van der Waals surface area contributed by atoms with Gasteiger partial charge in [-0.25, -0.2) is 4.39 Å². The molecule has 2 nitrogen and oxygen atoms in total. The van der Waals surface area contributed by atoms with Crippen molar-refractivity contribution in [2.75, 3.05) is 13.2 Å². The molecule has 1 N–H and O–H groups in total. The number of nitrogens with one attached hydrogen (secondary N) is 1. The van der Waals surface area contributed by atoms with Crippen molar-refractivity contribution in [1.29, 1.82) is 0 Å². The fraction of sp³-hybridized carbons (Fsp3) is 0.333. The molecular formula is C18H22FNO. The summed E-state index contributed by atoms with van der Waals surface area (Å²) in [6, 6.07) is 15.0. The van der Waals surface area contributed by atoms with Crippen molar-refractivity contribution in [3.63, 3.8) is 0 Å². The highest BCUT2D eigenvalue weighted by atomic mass is 19.1. The van der Waals surface area contributed by atoms with Crippen LogP contribution in [-0.4, -0.2) is 13.2 Å². The van der Waals surface area contributed by atoms with E-state index in [2.05, 4.69) is 12.2 Å². The monoisotopic (exact) mass is 287 g/mol. The molecule has 0 saturated carbocycles. The maximum Gasteiger partial charge on any atom is 0.123 e. The van der Waals surface area contributed by atoms with Gasteiger partial charge >= 0.3 is 0 Å². The van der Waals surface area contributed by atoms with Gasteiger partial charge in [0.05, 0.1) is 6.61 Å². The Hall–Kier alpha value is -1.87. The van der Waals surface area contributed by atoms with Gasteiger partial charge in [-0.15, -0.1) is 0 Å². The normalized spacial score (nSPS) is 12.1. The quantitative estimate of drug-likeness (QED) is 0.822. The van der Waals surface area contributed by atoms with Crippen LogP contribution in [0.1, 0.15) is 30.5 Å². The molecule has 0 radical (unpaired) electrons. The van der Waals surface area contributed by atoms with E-state index in [1.165, 1.54) is 0 Å². The van der Waals surface area contributed by atoms with Crippen molar-refractivity contribution < 1.29 is 9.13 Å². The summed E-state index contributed by atoms with van der Waals surface area (Å²) < 4.78 is 19.3. The molecule has 0 aliphatic heterocycles. The van der Waals surface area contributed by atoms with Crippen molar-refractivity contribution in [3.8, 4) is 5.75 Å². The molecule has 21 heavy (non-hydrogen) atoms. The number of para-hydroxylation sites is 1. The lowest BCUT2D eigenvalue weighted by Gasteiger charge is -2.19. The summed E-state index contributed by atoms with van der Waals surface area (Å²) in [5.74, 6) is 0.681. The standard InChI is InChI=1S/C18H22FNO/c1-3-20-18(15-11-14(2)12-16(19)13-15)9-10-21-17-7-5-4-6-8-17/h4-8,11-13,18,20H,3,9-10H2,1-2H3. The summed E-state index contributed by atoms with van der Waals surface area (Å²) in [5, 5.41) is 3.39. The first-order valence-electron chi connectivity index (χ1n) is 7.37. The van der Waals surface area contributed by atoms with Crippen LogP contribution >= 0.6 is 0 Å². The lowest BCUT2D eigenvalue weighted by Crippen LogP contribution is -2.23. The summed E-state index contributed by atoms with van der Waals surface area (Å²) >= 11 is 0. The van der Waals surface area contributed by atoms with Crippen LogP contribution in [0, 0.1) is 12.7 Å². The topological polar surface area (TPSA) is 21.3 Å². The smallest absolute Gasteiger partial charge is 0.123 e. The second kappa shape index (κ2) is 7.79. The molecule has 0 spiro atoms. The van der Waals surface area contributed by atoms with Gasteiger partial charge in [0.1, 0.15) is 11.6 Å². The van der Waals surface area contributed by atoms with Crippen LogP contribution in [0.25, 0.3) is 0 Å². The van der Waals surface area contributed by atoms with Crippen molar-refractivity contribution in [1.82, 2.24) is 5.32 Å². The summed E-state index contributed by atoms with van der Waals surface area (Å²) in [5.41, 5.74) is 1.92. The number of benzene rings is 2. The van der Waals surface area contributed by atoms with Crippen molar-refractivity contribution in [2.45, 2.75) is 26.3 Å². The first-order valence-corrected chi connectivity index (χ1v) is 7.37. The number of hydrogen-bond acceptors (Lipinski definition) is 2. The Kier molecular flexibility index (Phi) is 5.76. The molecule has 0 fully saturated rings. The zero-order valence-electron chi connectivity index (χ0n) is 12.6. The van der Waals surface area contributed by atoms with Gasteiger partial charge in [-0.05, 0) is 48.9 Å². The van der Waals surface area contributed by atoms with Crippen LogP contribution in [0.5, 0.6) is 5.75 Å². The minimum absolute atomic E-state index is 0.105. The molecule has 3 heteroatoms. The number of ether oxygens (including phenoxy) is 1. The number of halogens is 1. The highest BCUT2D eigenvalue weighted by molar-refractivity contribution is 5.26. The Morgan fingerprint density at radius 1 is 1.14 bits per heavy atom. The fourth-order valence-electron chi connectivity index (χ4n) is 2.41. The molecule has 2 aromatic rings. The zero-order chi connectivity index (χ0) is 15.1. The molecule has 0 aromatic heterocycles. The first-order chi connectivity index (χ1) is 10.2. The van der Waals surface area contributed by atoms with Gasteiger partial charge < -0.3 is 10.1 Å². The van der Waals surface area contributed by atoms with Crippen LogP contribution in [-0.2, 0) is 0 Å². The van der Waals surface area contributed by atoms with Crippen molar-refractivity contribution in [3.05, 3.63) is 65.5 Å². The Morgan fingerprint density at radius 2 is 1.90 bits per heavy atom. The molecule has 2 rings (SSSR count). The maximum absolute atomic E-state index is 13.6. The third-order valence-corrected chi connectivity index (χ3v) is 3.34. The van der Waals surface area contributed by atoms with Gasteiger partial charge in [0, 0.05) is 12.5 Å². The van der Waals surface area contributed by atoms with Gasteiger partial charge in [0.2, 0.25) is 0 Å². The Labute approximate surface area is 126 Å². The summed E-state index contributed by atoms with van der Waals surface area (Å²) in [6.07, 6.45) is 0.797. The predicted octanol–water partition coefficient (Wildman–Crippen LogP) is 4.25. The molecule has 112 valence electrons. The highest BCUT2D eigenvalue weighted by Gasteiger charge is 2.12. The van der Waals surface area contributed by atoms with E-state index in [1.807, 2.05) is 43.3 Å². The van der Waals surface area contributed by atoms with E-state index < -0.39 is 0 Å². The van der Waals surface area contributed by atoms with Gasteiger partial charge in [0.15, 0.2) is 0 Å². The van der Waals surface area contributed by atoms with Crippen molar-refractivity contribution >= 4 is 0 Å². The molecule has 0 saturated heterocycles. The average molecular weight is 287 g/mol. The molecule has 0 amide bonds. The maximum atomic E-state index is 13.6. The van der Waals surface area contributed by atoms with Gasteiger partial charge in [-0.3, -0.25) is 0 Å². The van der Waals surface area contributed by atoms with Crippen LogP contribution in [0.4, 0.5) is 4.39 Å². The lowest BCUT2D eigenvalue weighted by molar-refractivity contribution is 0.287. The van der Waals surface area contributed by atoms with Crippen LogP contribution in [0.2, 0.25) is 0 Å². The second-order valence-corrected chi connectivity index (χ2v) is 5.12. The number of aryl methyl sites for hydroxylation is 1. The third-order valence-electron chi connectivity index (χ3n) is 3.34. The third kappa shape index (κ3) is 4.87. The van der Waals surface area contributed by atoms with E-state index in [4.69, 9.17) is 4.74 Å². The van der Waals surface area contributed by atoms with Crippen LogP contribution in [0.3, 0.4) is 0 Å². The zero-order valence-corrected chi connectivity index (χ0v) is 12.6. The summed E-state index contributed by atoms with van der Waals surface area (Å²) in [7, 11) is 0. The fourth-order valence-corrected chi connectivity index (χ4v) is 2.41. The molecule has 0 aliphatic carbocycles. The Morgan fingerprint density at radius 3 is 2.57 bits per heavy atom. The molecule has 1 unspecified atom stereocenters. The summed E-state index contributed by atoms with van der Waals surface area (Å²) in [4.78, 5) is 0. The largest absolute Gasteiger partial charge is 0.494 e. The number of rotatable bonds is 7. The highest BCUT2D eigenvalue weighted by Crippen LogP contribution is 2.20. The minimum atomic E-state index is -0.183. The first kappa shape index (κ1) is 15.5. The van der Waals surface area contributed by atoms with Gasteiger partial charge in [-0.2, -0.15) is 0 Å². The Bertz CT molecular complexity index is 536. The van der Waals surface area contributed by atoms with E-state index in [0.29, 0.717) is 6.61 Å². The lowest BCUT2D eigenvalue weighted by atomic mass is 10.0. The van der Waals surface area contributed by atoms with Gasteiger partial charge in [-0.1, -0.05) is 31.2 Å². The van der Waals surface area contributed by atoms with E-state index in [9.17, 15) is 4.39 Å². The van der Waals surface area contributed by atoms with E-state index in [-0.39, 0.29) is 11.9 Å². The SMILES string of the molecule is CCNC(CCOc1ccccc1)c1cc(C)cc(F)c1. The van der Waals surface area contributed by atoms with E-state index in [1.54, 1.807) is 12.1 Å². The van der Waals surface area contributed by atoms with Crippen molar-refractivity contribution in [2.24, 2.45) is 0 Å². The van der Waals surface area contributed by atoms with E-state index >= 15 is 0 Å². The second-order valence-electron chi connectivity index (χ2n) is 5.12. The predicted molar refractivity (Wildman–Crippen MR) is 84.1 cm³/mol. The molecule has 0 bridgehead atoms. The Balaban J connectivity index is 1.98. The van der Waals surface area contributed by atoms with Gasteiger partial charge in [0.25, 0.3) is 0 Å². The number of hydrogen-bond donors (Lipinski definition) is 1. The molecule has 2 aromatic carbocycles. The average Bonchev–Trinajstić information content (AvgIpc) is 2.46. The summed E-state index contributed by atoms with van der Waals surface area (Å²) in [6.45, 7) is 5.40.